The van der Waals surface area contributed by atoms with Gasteiger partial charge in [-0.05, 0) is 13.8 Å². The van der Waals surface area contributed by atoms with Crippen molar-refractivity contribution >= 4 is 5.97 Å². The molecule has 0 spiro atoms. The Kier molecular flexibility index (Phi) is 5.66. The largest absolute Gasteiger partial charge is 0.462 e. The molecule has 2 N–H and O–H groups in total. The van der Waals surface area contributed by atoms with E-state index in [0.717, 1.165) is 0 Å². The standard InChI is InChI=1S/C8H16O4/c1-6(10)5-8(11)12-7(2)3-4-9/h6-7,9-10H,3-5H2,1-2H3. The Bertz CT molecular complexity index is 133. The Labute approximate surface area is 72.2 Å². The lowest BCUT2D eigenvalue weighted by atomic mass is 10.3. The lowest BCUT2D eigenvalue weighted by molar-refractivity contribution is -0.150. The molecule has 0 saturated heterocycles. The van der Waals surface area contributed by atoms with Gasteiger partial charge in [-0.3, -0.25) is 4.79 Å². The number of esters is 1. The van der Waals surface area contributed by atoms with Crippen LogP contribution in [0.15, 0.2) is 0 Å². The molecule has 0 fully saturated rings. The molecule has 0 aliphatic heterocycles. The summed E-state index contributed by atoms with van der Waals surface area (Å²) in [6.07, 6.45) is -0.499. The summed E-state index contributed by atoms with van der Waals surface area (Å²) >= 11 is 0. The van der Waals surface area contributed by atoms with Gasteiger partial charge in [0.15, 0.2) is 0 Å². The number of hydrogen-bond donors (Lipinski definition) is 2. The molecule has 0 rings (SSSR count). The molecule has 72 valence electrons. The quantitative estimate of drug-likeness (QED) is 0.582. The van der Waals surface area contributed by atoms with E-state index in [1.54, 1.807) is 6.92 Å². The molecule has 0 bridgehead atoms. The predicted molar refractivity (Wildman–Crippen MR) is 43.6 cm³/mol. The molecule has 0 aliphatic carbocycles. The molecular formula is C8H16O4. The van der Waals surface area contributed by atoms with E-state index in [1.807, 2.05) is 0 Å². The van der Waals surface area contributed by atoms with Crippen molar-refractivity contribution in [3.05, 3.63) is 0 Å². The molecule has 0 aromatic carbocycles. The molecule has 0 aliphatic rings. The summed E-state index contributed by atoms with van der Waals surface area (Å²) in [6, 6.07) is 0. The fourth-order valence-corrected chi connectivity index (χ4v) is 0.754. The Balaban J connectivity index is 3.54. The molecule has 12 heavy (non-hydrogen) atoms. The predicted octanol–water partition coefficient (Wildman–Crippen LogP) is 0.0714. The van der Waals surface area contributed by atoms with Crippen LogP contribution in [0.5, 0.6) is 0 Å². The summed E-state index contributed by atoms with van der Waals surface area (Å²) in [6.45, 7) is 3.23. The van der Waals surface area contributed by atoms with E-state index in [-0.39, 0.29) is 19.1 Å². The van der Waals surface area contributed by atoms with Crippen LogP contribution in [0.3, 0.4) is 0 Å². The second kappa shape index (κ2) is 5.97. The maximum Gasteiger partial charge on any atom is 0.308 e. The highest BCUT2D eigenvalue weighted by molar-refractivity contribution is 5.70. The van der Waals surface area contributed by atoms with Crippen LogP contribution in [0.4, 0.5) is 0 Å². The number of carbonyl (C=O) groups is 1. The van der Waals surface area contributed by atoms with Crippen molar-refractivity contribution in [2.45, 2.75) is 38.9 Å². The number of rotatable bonds is 5. The van der Waals surface area contributed by atoms with Crippen LogP contribution in [-0.2, 0) is 9.53 Å². The molecule has 0 aromatic rings. The van der Waals surface area contributed by atoms with E-state index < -0.39 is 12.1 Å². The van der Waals surface area contributed by atoms with Crippen LogP contribution in [0, 0.1) is 0 Å². The van der Waals surface area contributed by atoms with Gasteiger partial charge < -0.3 is 14.9 Å². The van der Waals surface area contributed by atoms with E-state index in [4.69, 9.17) is 14.9 Å². The summed E-state index contributed by atoms with van der Waals surface area (Å²) < 4.78 is 4.84. The molecule has 0 amide bonds. The number of aliphatic hydroxyl groups is 2. The first kappa shape index (κ1) is 11.4. The highest BCUT2D eigenvalue weighted by Crippen LogP contribution is 2.00. The van der Waals surface area contributed by atoms with Crippen LogP contribution >= 0.6 is 0 Å². The van der Waals surface area contributed by atoms with Crippen molar-refractivity contribution in [2.24, 2.45) is 0 Å². The normalized spacial score (nSPS) is 15.3. The molecular weight excluding hydrogens is 160 g/mol. The molecule has 4 nitrogen and oxygen atoms in total. The Morgan fingerprint density at radius 3 is 2.50 bits per heavy atom. The van der Waals surface area contributed by atoms with Gasteiger partial charge in [0.1, 0.15) is 6.10 Å². The van der Waals surface area contributed by atoms with Crippen molar-refractivity contribution in [3.63, 3.8) is 0 Å². The Morgan fingerprint density at radius 1 is 1.50 bits per heavy atom. The van der Waals surface area contributed by atoms with Crippen LogP contribution in [-0.4, -0.2) is 35.0 Å². The minimum Gasteiger partial charge on any atom is -0.462 e. The van der Waals surface area contributed by atoms with Crippen molar-refractivity contribution in [1.82, 2.24) is 0 Å². The van der Waals surface area contributed by atoms with Crippen molar-refractivity contribution in [3.8, 4) is 0 Å². The molecule has 4 heteroatoms. The lowest BCUT2D eigenvalue weighted by Gasteiger charge is -2.12. The van der Waals surface area contributed by atoms with Crippen LogP contribution in [0.2, 0.25) is 0 Å². The number of aliphatic hydroxyl groups excluding tert-OH is 2. The fraction of sp³-hybridized carbons (Fsp3) is 0.875. The molecule has 0 saturated carbocycles. The third-order valence-electron chi connectivity index (χ3n) is 1.33. The first-order valence-electron chi connectivity index (χ1n) is 4.04. The fourth-order valence-electron chi connectivity index (χ4n) is 0.754. The zero-order valence-corrected chi connectivity index (χ0v) is 7.49. The monoisotopic (exact) mass is 176 g/mol. The molecule has 0 aromatic heterocycles. The van der Waals surface area contributed by atoms with Gasteiger partial charge in [-0.2, -0.15) is 0 Å². The first-order valence-corrected chi connectivity index (χ1v) is 4.04. The summed E-state index contributed by atoms with van der Waals surface area (Å²) in [7, 11) is 0. The maximum atomic E-state index is 10.9. The molecule has 0 radical (unpaired) electrons. The second-order valence-electron chi connectivity index (χ2n) is 2.87. The maximum absolute atomic E-state index is 10.9. The van der Waals surface area contributed by atoms with Gasteiger partial charge in [-0.25, -0.2) is 0 Å². The van der Waals surface area contributed by atoms with Gasteiger partial charge in [-0.15, -0.1) is 0 Å². The Morgan fingerprint density at radius 2 is 2.08 bits per heavy atom. The molecule has 2 unspecified atom stereocenters. The van der Waals surface area contributed by atoms with E-state index in [9.17, 15) is 4.79 Å². The number of ether oxygens (including phenoxy) is 1. The highest BCUT2D eigenvalue weighted by Gasteiger charge is 2.10. The van der Waals surface area contributed by atoms with Crippen LogP contribution < -0.4 is 0 Å². The van der Waals surface area contributed by atoms with Gasteiger partial charge in [-0.1, -0.05) is 0 Å². The third kappa shape index (κ3) is 6.12. The van der Waals surface area contributed by atoms with Crippen LogP contribution in [0.25, 0.3) is 0 Å². The topological polar surface area (TPSA) is 66.8 Å². The average molecular weight is 176 g/mol. The Hall–Kier alpha value is -0.610. The minimum absolute atomic E-state index is 0.00310. The zero-order valence-electron chi connectivity index (χ0n) is 7.49. The summed E-state index contributed by atoms with van der Waals surface area (Å²) in [5.41, 5.74) is 0. The van der Waals surface area contributed by atoms with E-state index >= 15 is 0 Å². The van der Waals surface area contributed by atoms with E-state index in [1.165, 1.54) is 6.92 Å². The zero-order chi connectivity index (χ0) is 9.56. The molecule has 0 heterocycles. The lowest BCUT2D eigenvalue weighted by Crippen LogP contribution is -2.19. The van der Waals surface area contributed by atoms with E-state index in [0.29, 0.717) is 6.42 Å². The first-order chi connectivity index (χ1) is 5.56. The van der Waals surface area contributed by atoms with Crippen LogP contribution in [0.1, 0.15) is 26.7 Å². The van der Waals surface area contributed by atoms with Gasteiger partial charge in [0.25, 0.3) is 0 Å². The molecule has 2 atom stereocenters. The van der Waals surface area contributed by atoms with Gasteiger partial charge >= 0.3 is 5.97 Å². The van der Waals surface area contributed by atoms with Crippen molar-refractivity contribution < 1.29 is 19.7 Å². The van der Waals surface area contributed by atoms with E-state index in [2.05, 4.69) is 0 Å². The summed E-state index contributed by atoms with van der Waals surface area (Å²) in [5.74, 6) is -0.425. The smallest absolute Gasteiger partial charge is 0.308 e. The average Bonchev–Trinajstić information content (AvgIpc) is 1.84. The van der Waals surface area contributed by atoms with Gasteiger partial charge in [0, 0.05) is 13.0 Å². The highest BCUT2D eigenvalue weighted by atomic mass is 16.5. The summed E-state index contributed by atoms with van der Waals surface area (Å²) in [4.78, 5) is 10.9. The van der Waals surface area contributed by atoms with Gasteiger partial charge in [0.2, 0.25) is 0 Å². The van der Waals surface area contributed by atoms with Crippen molar-refractivity contribution in [1.29, 1.82) is 0 Å². The van der Waals surface area contributed by atoms with Gasteiger partial charge in [0.05, 0.1) is 12.5 Å². The number of carbonyl (C=O) groups excluding carboxylic acids is 1. The second-order valence-corrected chi connectivity index (χ2v) is 2.87. The number of hydrogen-bond acceptors (Lipinski definition) is 4. The minimum atomic E-state index is -0.668. The van der Waals surface area contributed by atoms with Crippen molar-refractivity contribution in [2.75, 3.05) is 6.61 Å². The SMILES string of the molecule is CC(O)CC(=O)OC(C)CCO. The third-order valence-corrected chi connectivity index (χ3v) is 1.33. The summed E-state index contributed by atoms with van der Waals surface area (Å²) in [5, 5.41) is 17.3.